The van der Waals surface area contributed by atoms with Gasteiger partial charge >= 0.3 is 5.97 Å². The van der Waals surface area contributed by atoms with Crippen molar-refractivity contribution in [2.45, 2.75) is 13.8 Å². The number of rotatable bonds is 5. The summed E-state index contributed by atoms with van der Waals surface area (Å²) in [5.41, 5.74) is 2.49. The van der Waals surface area contributed by atoms with Crippen LogP contribution in [0, 0.1) is 19.7 Å². The third-order valence-electron chi connectivity index (χ3n) is 4.78. The molecule has 0 spiro atoms. The first-order chi connectivity index (χ1) is 15.4. The van der Waals surface area contributed by atoms with Crippen LogP contribution in [-0.4, -0.2) is 5.97 Å². The van der Waals surface area contributed by atoms with E-state index in [0.29, 0.717) is 16.7 Å². The van der Waals surface area contributed by atoms with Crippen molar-refractivity contribution in [1.29, 1.82) is 0 Å². The zero-order valence-electron chi connectivity index (χ0n) is 17.4. The topological polar surface area (TPSA) is 65.7 Å². The molecule has 3 aromatic carbocycles. The molecule has 0 radical (unpaired) electrons. The molecule has 1 aromatic heterocycles. The van der Waals surface area contributed by atoms with Gasteiger partial charge in [-0.15, -0.1) is 0 Å². The van der Waals surface area contributed by atoms with Gasteiger partial charge in [0.05, 0.1) is 5.39 Å². The van der Waals surface area contributed by atoms with Crippen LogP contribution >= 0.6 is 0 Å². The third-order valence-corrected chi connectivity index (χ3v) is 4.78. The number of benzene rings is 3. The summed E-state index contributed by atoms with van der Waals surface area (Å²) in [7, 11) is 0. The second-order valence-corrected chi connectivity index (χ2v) is 7.26. The highest BCUT2D eigenvalue weighted by atomic mass is 19.1. The Hall–Kier alpha value is -4.19. The zero-order chi connectivity index (χ0) is 22.7. The molecule has 0 fully saturated rings. The summed E-state index contributed by atoms with van der Waals surface area (Å²) in [5.74, 6) is -0.109. The van der Waals surface area contributed by atoms with Gasteiger partial charge in [-0.3, -0.25) is 4.79 Å². The number of halogens is 1. The van der Waals surface area contributed by atoms with Crippen molar-refractivity contribution < 1.29 is 23.1 Å². The molecule has 0 aliphatic heterocycles. The minimum absolute atomic E-state index is 0.0678. The molecular weight excluding hydrogens is 411 g/mol. The van der Waals surface area contributed by atoms with Crippen molar-refractivity contribution >= 4 is 23.0 Å². The van der Waals surface area contributed by atoms with Gasteiger partial charge in [-0.05, 0) is 66.9 Å². The molecule has 6 heteroatoms. The Morgan fingerprint density at radius 2 is 1.75 bits per heavy atom. The summed E-state index contributed by atoms with van der Waals surface area (Å²) in [6.07, 6.45) is 3.99. The van der Waals surface area contributed by atoms with E-state index in [1.807, 2.05) is 32.0 Å². The number of fused-ring (bicyclic) bond motifs is 1. The van der Waals surface area contributed by atoms with E-state index >= 15 is 0 Å². The monoisotopic (exact) mass is 430 g/mol. The van der Waals surface area contributed by atoms with E-state index in [1.54, 1.807) is 12.1 Å². The van der Waals surface area contributed by atoms with E-state index in [1.165, 1.54) is 48.7 Å². The molecule has 5 nitrogen and oxygen atoms in total. The quantitative estimate of drug-likeness (QED) is 0.222. The van der Waals surface area contributed by atoms with Gasteiger partial charge in [-0.1, -0.05) is 24.3 Å². The molecule has 0 saturated carbocycles. The van der Waals surface area contributed by atoms with E-state index in [2.05, 4.69) is 0 Å². The van der Waals surface area contributed by atoms with Gasteiger partial charge in [-0.2, -0.15) is 0 Å². The fourth-order valence-corrected chi connectivity index (χ4v) is 3.05. The van der Waals surface area contributed by atoms with Crippen molar-refractivity contribution in [3.8, 4) is 17.2 Å². The van der Waals surface area contributed by atoms with Gasteiger partial charge in [0.25, 0.3) is 0 Å². The number of carbonyl (C=O) groups excluding carboxylic acids is 1. The molecule has 160 valence electrons. The van der Waals surface area contributed by atoms with Crippen LogP contribution in [0.2, 0.25) is 0 Å². The highest BCUT2D eigenvalue weighted by Crippen LogP contribution is 2.27. The first-order valence-corrected chi connectivity index (χ1v) is 9.85. The first kappa shape index (κ1) is 21.1. The Morgan fingerprint density at radius 3 is 2.53 bits per heavy atom. The van der Waals surface area contributed by atoms with Gasteiger partial charge in [0.2, 0.25) is 11.2 Å². The van der Waals surface area contributed by atoms with Crippen LogP contribution in [0.1, 0.15) is 16.7 Å². The summed E-state index contributed by atoms with van der Waals surface area (Å²) in [6, 6.07) is 15.9. The lowest BCUT2D eigenvalue weighted by molar-refractivity contribution is -0.128. The molecule has 0 unspecified atom stereocenters. The van der Waals surface area contributed by atoms with Crippen molar-refractivity contribution in [1.82, 2.24) is 0 Å². The van der Waals surface area contributed by atoms with Gasteiger partial charge < -0.3 is 13.9 Å². The van der Waals surface area contributed by atoms with E-state index in [4.69, 9.17) is 13.9 Å². The lowest BCUT2D eigenvalue weighted by atomic mass is 10.1. The van der Waals surface area contributed by atoms with E-state index in [0.717, 1.165) is 11.1 Å². The molecule has 0 saturated heterocycles. The average molecular weight is 430 g/mol. The molecule has 0 aliphatic carbocycles. The lowest BCUT2D eigenvalue weighted by Crippen LogP contribution is -2.07. The summed E-state index contributed by atoms with van der Waals surface area (Å²) >= 11 is 0. The van der Waals surface area contributed by atoms with Gasteiger partial charge in [0.15, 0.2) is 0 Å². The molecule has 4 aromatic rings. The van der Waals surface area contributed by atoms with Gasteiger partial charge in [0, 0.05) is 12.1 Å². The highest BCUT2D eigenvalue weighted by molar-refractivity contribution is 5.89. The SMILES string of the molecule is Cc1ccc(C)c(Oc2coc3cc(OC(=O)/C=C/c4ccc(F)cc4)ccc3c2=O)c1. The van der Waals surface area contributed by atoms with E-state index in [9.17, 15) is 14.0 Å². The molecule has 32 heavy (non-hydrogen) atoms. The van der Waals surface area contributed by atoms with Crippen molar-refractivity contribution in [2.75, 3.05) is 0 Å². The minimum Gasteiger partial charge on any atom is -0.460 e. The Morgan fingerprint density at radius 1 is 0.969 bits per heavy atom. The van der Waals surface area contributed by atoms with Crippen molar-refractivity contribution in [3.05, 3.63) is 106 Å². The normalized spacial score (nSPS) is 11.1. The highest BCUT2D eigenvalue weighted by Gasteiger charge is 2.12. The smallest absolute Gasteiger partial charge is 0.336 e. The fourth-order valence-electron chi connectivity index (χ4n) is 3.05. The number of aryl methyl sites for hydroxylation is 2. The van der Waals surface area contributed by atoms with Crippen LogP contribution in [0.4, 0.5) is 4.39 Å². The molecule has 0 N–H and O–H groups in total. The van der Waals surface area contributed by atoms with Gasteiger partial charge in [0.1, 0.15) is 29.2 Å². The van der Waals surface area contributed by atoms with Crippen molar-refractivity contribution in [3.63, 3.8) is 0 Å². The molecule has 0 amide bonds. The van der Waals surface area contributed by atoms with E-state index < -0.39 is 5.97 Å². The summed E-state index contributed by atoms with van der Waals surface area (Å²) in [6.45, 7) is 3.83. The average Bonchev–Trinajstić information content (AvgIpc) is 2.78. The molecule has 0 bridgehead atoms. The summed E-state index contributed by atoms with van der Waals surface area (Å²) in [5, 5.41) is 0.300. The summed E-state index contributed by atoms with van der Waals surface area (Å²) in [4.78, 5) is 24.9. The predicted molar refractivity (Wildman–Crippen MR) is 120 cm³/mol. The Labute approximate surface area is 183 Å². The molecule has 4 rings (SSSR count). The molecular formula is C26H19FO5. The fraction of sp³-hybridized carbons (Fsp3) is 0.0769. The molecule has 0 atom stereocenters. The van der Waals surface area contributed by atoms with Crippen LogP contribution in [0.5, 0.6) is 17.2 Å². The zero-order valence-corrected chi connectivity index (χ0v) is 17.4. The number of hydrogen-bond donors (Lipinski definition) is 0. The Bertz CT molecular complexity index is 1380. The second kappa shape index (κ2) is 8.89. The molecule has 0 aliphatic rings. The van der Waals surface area contributed by atoms with Crippen molar-refractivity contribution in [2.24, 2.45) is 0 Å². The minimum atomic E-state index is -0.620. The second-order valence-electron chi connectivity index (χ2n) is 7.26. The Kier molecular flexibility index (Phi) is 5.85. The lowest BCUT2D eigenvalue weighted by Gasteiger charge is -2.09. The summed E-state index contributed by atoms with van der Waals surface area (Å²) < 4.78 is 29.6. The first-order valence-electron chi connectivity index (χ1n) is 9.85. The number of ether oxygens (including phenoxy) is 2. The maximum Gasteiger partial charge on any atom is 0.336 e. The van der Waals surface area contributed by atoms with Crippen LogP contribution < -0.4 is 14.9 Å². The standard InChI is InChI=1S/C26H19FO5/c1-16-3-4-17(2)22(13-16)32-24-15-30-23-14-20(10-11-21(23)26(24)29)31-25(28)12-7-18-5-8-19(27)9-6-18/h3-15H,1-2H3/b12-7+. The van der Waals surface area contributed by atoms with Crippen LogP contribution in [0.15, 0.2) is 82.2 Å². The maximum atomic E-state index is 12.9. The Balaban J connectivity index is 1.52. The van der Waals surface area contributed by atoms with Crippen LogP contribution in [0.25, 0.3) is 17.0 Å². The van der Waals surface area contributed by atoms with E-state index in [-0.39, 0.29) is 28.3 Å². The number of esters is 1. The third kappa shape index (κ3) is 4.75. The van der Waals surface area contributed by atoms with Gasteiger partial charge in [-0.25, -0.2) is 9.18 Å². The van der Waals surface area contributed by atoms with Crippen LogP contribution in [0.3, 0.4) is 0 Å². The number of hydrogen-bond acceptors (Lipinski definition) is 5. The molecule has 1 heterocycles. The largest absolute Gasteiger partial charge is 0.460 e. The van der Waals surface area contributed by atoms with Crippen LogP contribution in [-0.2, 0) is 4.79 Å². The predicted octanol–water partition coefficient (Wildman–Crippen LogP) is 5.96. The maximum absolute atomic E-state index is 12.9. The number of carbonyl (C=O) groups is 1.